The van der Waals surface area contributed by atoms with Crippen molar-refractivity contribution in [2.75, 3.05) is 0 Å². The molecule has 18 heavy (non-hydrogen) atoms. The lowest BCUT2D eigenvalue weighted by atomic mass is 10.1. The predicted molar refractivity (Wildman–Crippen MR) is 68.6 cm³/mol. The summed E-state index contributed by atoms with van der Waals surface area (Å²) in [6.07, 6.45) is -0.266. The van der Waals surface area contributed by atoms with Crippen molar-refractivity contribution in [2.45, 2.75) is 19.4 Å². The second kappa shape index (κ2) is 5.24. The highest BCUT2D eigenvalue weighted by molar-refractivity contribution is 7.09. The van der Waals surface area contributed by atoms with Crippen LogP contribution in [0.2, 0.25) is 0 Å². The Kier molecular flexibility index (Phi) is 3.69. The van der Waals surface area contributed by atoms with E-state index < -0.39 is 11.0 Å². The number of nitrogens with zero attached hydrogens (tertiary/aromatic N) is 2. The summed E-state index contributed by atoms with van der Waals surface area (Å²) >= 11 is 1.49. The number of rotatable bonds is 4. The average Bonchev–Trinajstić information content (AvgIpc) is 2.76. The molecule has 1 aromatic carbocycles. The van der Waals surface area contributed by atoms with Gasteiger partial charge in [0.15, 0.2) is 0 Å². The smallest absolute Gasteiger partial charge is 0.269 e. The predicted octanol–water partition coefficient (Wildman–Crippen LogP) is 2.64. The van der Waals surface area contributed by atoms with Gasteiger partial charge < -0.3 is 5.11 Å². The van der Waals surface area contributed by atoms with E-state index in [9.17, 15) is 15.2 Å². The average molecular weight is 264 g/mol. The highest BCUT2D eigenvalue weighted by atomic mass is 32.1. The molecule has 0 radical (unpaired) electrons. The normalized spacial score (nSPS) is 12.3. The number of hydrogen-bond acceptors (Lipinski definition) is 5. The van der Waals surface area contributed by atoms with Crippen LogP contribution in [0.15, 0.2) is 29.6 Å². The lowest BCUT2D eigenvalue weighted by Gasteiger charge is -2.07. The highest BCUT2D eigenvalue weighted by Crippen LogP contribution is 2.21. The molecule has 94 valence electrons. The fourth-order valence-electron chi connectivity index (χ4n) is 1.61. The maximum absolute atomic E-state index is 10.5. The Morgan fingerprint density at radius 1 is 1.44 bits per heavy atom. The van der Waals surface area contributed by atoms with E-state index in [2.05, 4.69) is 4.98 Å². The van der Waals surface area contributed by atoms with E-state index in [-0.39, 0.29) is 5.69 Å². The van der Waals surface area contributed by atoms with Gasteiger partial charge in [0.2, 0.25) is 0 Å². The molecular weight excluding hydrogens is 252 g/mol. The Morgan fingerprint density at radius 2 is 2.11 bits per heavy atom. The van der Waals surface area contributed by atoms with Crippen molar-refractivity contribution in [3.05, 3.63) is 56.0 Å². The Balaban J connectivity index is 2.07. The highest BCUT2D eigenvalue weighted by Gasteiger charge is 2.12. The largest absolute Gasteiger partial charge is 0.386 e. The third-order valence-corrected chi connectivity index (χ3v) is 3.35. The number of non-ortho nitro benzene ring substituents is 1. The summed E-state index contributed by atoms with van der Waals surface area (Å²) in [4.78, 5) is 14.3. The summed E-state index contributed by atoms with van der Waals surface area (Å²) in [5, 5.41) is 23.2. The van der Waals surface area contributed by atoms with Crippen LogP contribution in [0.3, 0.4) is 0 Å². The summed E-state index contributed by atoms with van der Waals surface area (Å²) in [6, 6.07) is 6.18. The quantitative estimate of drug-likeness (QED) is 0.680. The van der Waals surface area contributed by atoms with Crippen LogP contribution in [-0.4, -0.2) is 15.0 Å². The van der Waals surface area contributed by atoms with Gasteiger partial charge in [-0.15, -0.1) is 11.3 Å². The number of aryl methyl sites for hydroxylation is 1. The van der Waals surface area contributed by atoms with Gasteiger partial charge in [-0.25, -0.2) is 4.98 Å². The molecule has 2 rings (SSSR count). The van der Waals surface area contributed by atoms with E-state index in [1.54, 1.807) is 12.1 Å². The minimum atomic E-state index is -0.670. The first kappa shape index (κ1) is 12.7. The second-order valence-electron chi connectivity index (χ2n) is 3.93. The Labute approximate surface area is 108 Å². The second-order valence-corrected chi connectivity index (χ2v) is 5.00. The molecule has 0 bridgehead atoms. The van der Waals surface area contributed by atoms with E-state index in [1.165, 1.54) is 23.5 Å². The zero-order valence-corrected chi connectivity index (χ0v) is 10.6. The molecule has 1 atom stereocenters. The molecule has 1 N–H and O–H groups in total. The topological polar surface area (TPSA) is 76.3 Å². The molecule has 0 amide bonds. The summed E-state index contributed by atoms with van der Waals surface area (Å²) < 4.78 is 0. The monoisotopic (exact) mass is 264 g/mol. The molecule has 1 unspecified atom stereocenters. The molecule has 0 saturated heterocycles. The van der Waals surface area contributed by atoms with Gasteiger partial charge in [-0.05, 0) is 12.5 Å². The molecular formula is C12H12N2O3S. The molecule has 0 spiro atoms. The minimum Gasteiger partial charge on any atom is -0.386 e. The summed E-state index contributed by atoms with van der Waals surface area (Å²) in [7, 11) is 0. The third-order valence-electron chi connectivity index (χ3n) is 2.55. The number of thiazole rings is 1. The van der Waals surface area contributed by atoms with Crippen LogP contribution < -0.4 is 0 Å². The Hall–Kier alpha value is -1.79. The maximum atomic E-state index is 10.5. The first-order chi connectivity index (χ1) is 8.56. The zero-order chi connectivity index (χ0) is 13.1. The number of aromatic nitrogens is 1. The van der Waals surface area contributed by atoms with E-state index in [1.807, 2.05) is 12.3 Å². The van der Waals surface area contributed by atoms with Crippen LogP contribution in [0.5, 0.6) is 0 Å². The molecule has 1 aromatic heterocycles. The van der Waals surface area contributed by atoms with Crippen LogP contribution in [0.25, 0.3) is 0 Å². The van der Waals surface area contributed by atoms with Crippen LogP contribution in [0, 0.1) is 17.0 Å². The van der Waals surface area contributed by atoms with Crippen molar-refractivity contribution in [3.8, 4) is 0 Å². The molecule has 6 heteroatoms. The van der Waals surface area contributed by atoms with Crippen molar-refractivity contribution < 1.29 is 10.0 Å². The van der Waals surface area contributed by atoms with E-state index in [0.29, 0.717) is 12.1 Å². The fourth-order valence-corrected chi connectivity index (χ4v) is 2.27. The lowest BCUT2D eigenvalue weighted by molar-refractivity contribution is -0.384. The van der Waals surface area contributed by atoms with E-state index in [0.717, 1.165) is 10.6 Å². The standard InChI is InChI=1S/C12H12N2O3S/c1-8-13-11(7-18-8)12(15)6-9-2-4-10(5-3-9)14(16)17/h2-5,7,12,15H,6H2,1H3. The Bertz CT molecular complexity index is 551. The van der Waals surface area contributed by atoms with Gasteiger partial charge in [0, 0.05) is 23.9 Å². The van der Waals surface area contributed by atoms with E-state index >= 15 is 0 Å². The number of benzene rings is 1. The SMILES string of the molecule is Cc1nc(C(O)Cc2ccc([N+](=O)[O-])cc2)cs1. The Morgan fingerprint density at radius 3 is 2.61 bits per heavy atom. The molecule has 1 heterocycles. The number of aliphatic hydroxyl groups is 1. The molecule has 0 aliphatic heterocycles. The van der Waals surface area contributed by atoms with Crippen molar-refractivity contribution in [2.24, 2.45) is 0 Å². The zero-order valence-electron chi connectivity index (χ0n) is 9.74. The van der Waals surface area contributed by atoms with Crippen LogP contribution in [0.1, 0.15) is 22.4 Å². The van der Waals surface area contributed by atoms with Crippen molar-refractivity contribution in [1.82, 2.24) is 4.98 Å². The number of nitro benzene ring substituents is 1. The number of aliphatic hydroxyl groups excluding tert-OH is 1. The number of hydrogen-bond donors (Lipinski definition) is 1. The lowest BCUT2D eigenvalue weighted by Crippen LogP contribution is -2.02. The molecule has 0 fully saturated rings. The van der Waals surface area contributed by atoms with Crippen LogP contribution in [-0.2, 0) is 6.42 Å². The first-order valence-corrected chi connectivity index (χ1v) is 6.27. The summed E-state index contributed by atoms with van der Waals surface area (Å²) in [6.45, 7) is 1.88. The molecule has 2 aromatic rings. The molecule has 0 aliphatic rings. The molecule has 0 saturated carbocycles. The third kappa shape index (κ3) is 2.91. The van der Waals surface area contributed by atoms with Gasteiger partial charge in [0.1, 0.15) is 6.10 Å². The van der Waals surface area contributed by atoms with Gasteiger partial charge >= 0.3 is 0 Å². The van der Waals surface area contributed by atoms with Crippen LogP contribution >= 0.6 is 11.3 Å². The van der Waals surface area contributed by atoms with Crippen molar-refractivity contribution in [1.29, 1.82) is 0 Å². The van der Waals surface area contributed by atoms with Gasteiger partial charge in [-0.2, -0.15) is 0 Å². The van der Waals surface area contributed by atoms with Gasteiger partial charge in [-0.3, -0.25) is 10.1 Å². The van der Waals surface area contributed by atoms with Crippen molar-refractivity contribution >= 4 is 17.0 Å². The summed E-state index contributed by atoms with van der Waals surface area (Å²) in [5.41, 5.74) is 1.55. The summed E-state index contributed by atoms with van der Waals surface area (Å²) in [5.74, 6) is 0. The van der Waals surface area contributed by atoms with Crippen molar-refractivity contribution in [3.63, 3.8) is 0 Å². The van der Waals surface area contributed by atoms with Crippen LogP contribution in [0.4, 0.5) is 5.69 Å². The molecule has 5 nitrogen and oxygen atoms in total. The minimum absolute atomic E-state index is 0.0535. The van der Waals surface area contributed by atoms with E-state index in [4.69, 9.17) is 0 Å². The van der Waals surface area contributed by atoms with Gasteiger partial charge in [-0.1, -0.05) is 12.1 Å². The maximum Gasteiger partial charge on any atom is 0.269 e. The first-order valence-electron chi connectivity index (χ1n) is 5.39. The van der Waals surface area contributed by atoms with Gasteiger partial charge in [0.25, 0.3) is 5.69 Å². The van der Waals surface area contributed by atoms with Gasteiger partial charge in [0.05, 0.1) is 15.6 Å². The molecule has 0 aliphatic carbocycles. The fraction of sp³-hybridized carbons (Fsp3) is 0.250. The number of nitro groups is 1.